The van der Waals surface area contributed by atoms with Crippen LogP contribution in [-0.4, -0.2) is 21.0 Å². The van der Waals surface area contributed by atoms with E-state index < -0.39 is 10.0 Å². The van der Waals surface area contributed by atoms with Crippen molar-refractivity contribution in [3.8, 4) is 0 Å². The average molecular weight is 431 g/mol. The molecule has 31 heavy (non-hydrogen) atoms. The molecule has 2 N–H and O–H groups in total. The van der Waals surface area contributed by atoms with Crippen LogP contribution in [0, 0.1) is 13.8 Å². The molecule has 1 aliphatic carbocycles. The molecule has 0 saturated heterocycles. The maximum absolute atomic E-state index is 12.8. The summed E-state index contributed by atoms with van der Waals surface area (Å²) in [6.07, 6.45) is 3.02. The molecule has 0 bridgehead atoms. The van der Waals surface area contributed by atoms with E-state index in [0.29, 0.717) is 17.9 Å². The van der Waals surface area contributed by atoms with Crippen LogP contribution >= 0.6 is 0 Å². The zero-order valence-electron chi connectivity index (χ0n) is 17.7. The molecule has 1 aliphatic heterocycles. The lowest BCUT2D eigenvalue weighted by atomic mass is 9.61. The van der Waals surface area contributed by atoms with Gasteiger partial charge in [-0.05, 0) is 55.2 Å². The summed E-state index contributed by atoms with van der Waals surface area (Å²) >= 11 is 0. The lowest BCUT2D eigenvalue weighted by Gasteiger charge is -2.44. The smallest absolute Gasteiger partial charge is 0.240 e. The fourth-order valence-electron chi connectivity index (χ4n) is 4.81. The van der Waals surface area contributed by atoms with Crippen LogP contribution in [-0.2, 0) is 15.4 Å². The van der Waals surface area contributed by atoms with E-state index >= 15 is 0 Å². The molecule has 2 aliphatic rings. The number of anilines is 1. The summed E-state index contributed by atoms with van der Waals surface area (Å²) in [5.41, 5.74) is 6.92. The summed E-state index contributed by atoms with van der Waals surface area (Å²) < 4.78 is 28.3. The Morgan fingerprint density at radius 3 is 2.39 bits per heavy atom. The van der Waals surface area contributed by atoms with Gasteiger partial charge in [0.1, 0.15) is 0 Å². The van der Waals surface area contributed by atoms with Crippen molar-refractivity contribution in [2.24, 2.45) is 0 Å². The summed E-state index contributed by atoms with van der Waals surface area (Å²) in [7, 11) is -3.53. The van der Waals surface area contributed by atoms with E-state index in [2.05, 4.69) is 65.5 Å². The molecule has 0 saturated carbocycles. The number of sulfonamides is 1. The molecule has 0 aromatic heterocycles. The van der Waals surface area contributed by atoms with Gasteiger partial charge in [0.15, 0.2) is 0 Å². The van der Waals surface area contributed by atoms with Crippen molar-refractivity contribution in [2.75, 3.05) is 11.9 Å². The molecule has 3 aromatic carbocycles. The Kier molecular flexibility index (Phi) is 4.76. The number of hydrogen-bond acceptors (Lipinski definition) is 3. The first-order valence-corrected chi connectivity index (χ1v) is 12.1. The lowest BCUT2D eigenvalue weighted by molar-refractivity contribution is 0.453. The third-order valence-corrected chi connectivity index (χ3v) is 7.96. The van der Waals surface area contributed by atoms with Crippen molar-refractivity contribution in [1.82, 2.24) is 4.72 Å². The topological polar surface area (TPSA) is 58.2 Å². The Balaban J connectivity index is 1.42. The summed E-state index contributed by atoms with van der Waals surface area (Å²) in [4.78, 5) is 0.307. The Morgan fingerprint density at radius 1 is 0.935 bits per heavy atom. The molecule has 158 valence electrons. The normalized spacial score (nSPS) is 21.5. The number of benzene rings is 3. The van der Waals surface area contributed by atoms with Crippen molar-refractivity contribution < 1.29 is 8.42 Å². The number of hydrogen-bond donors (Lipinski definition) is 2. The van der Waals surface area contributed by atoms with Gasteiger partial charge < -0.3 is 5.32 Å². The van der Waals surface area contributed by atoms with Crippen LogP contribution in [0.25, 0.3) is 5.57 Å². The van der Waals surface area contributed by atoms with E-state index in [1.807, 2.05) is 25.1 Å². The van der Waals surface area contributed by atoms with Gasteiger partial charge in [-0.1, -0.05) is 71.8 Å². The second kappa shape index (κ2) is 7.36. The molecule has 5 heteroatoms. The minimum Gasteiger partial charge on any atom is -0.377 e. The number of fused-ring (bicyclic) bond motifs is 3. The monoisotopic (exact) mass is 430 g/mol. The summed E-state index contributed by atoms with van der Waals surface area (Å²) in [6.45, 7) is 4.42. The second-order valence-corrected chi connectivity index (χ2v) is 10.4. The SMILES string of the molecule is Cc1ccc(S(=O)(=O)NCCC23C=C(c4ccccc4)C2Nc2ccc(C)cc23)cc1. The zero-order valence-corrected chi connectivity index (χ0v) is 18.5. The van der Waals surface area contributed by atoms with Crippen molar-refractivity contribution in [3.05, 3.63) is 101 Å². The first kappa shape index (κ1) is 20.0. The highest BCUT2D eigenvalue weighted by Gasteiger charge is 2.53. The van der Waals surface area contributed by atoms with Crippen LogP contribution in [0.4, 0.5) is 5.69 Å². The Labute approximate surface area is 184 Å². The predicted octanol–water partition coefficient (Wildman–Crippen LogP) is 4.80. The van der Waals surface area contributed by atoms with Crippen LogP contribution in [0.2, 0.25) is 0 Å². The molecule has 0 amide bonds. The summed E-state index contributed by atoms with van der Waals surface area (Å²) in [6, 6.07) is 24.0. The number of aryl methyl sites for hydroxylation is 2. The molecular formula is C26H26N2O2S. The molecule has 3 aromatic rings. The molecule has 0 radical (unpaired) electrons. The van der Waals surface area contributed by atoms with Gasteiger partial charge in [-0.25, -0.2) is 13.1 Å². The predicted molar refractivity (Wildman–Crippen MR) is 126 cm³/mol. The van der Waals surface area contributed by atoms with Crippen LogP contribution < -0.4 is 10.0 Å². The average Bonchev–Trinajstić information content (AvgIpc) is 2.97. The Bertz CT molecular complexity index is 1260. The van der Waals surface area contributed by atoms with Crippen LogP contribution in [0.5, 0.6) is 0 Å². The first-order valence-electron chi connectivity index (χ1n) is 10.6. The third kappa shape index (κ3) is 3.38. The molecule has 0 fully saturated rings. The molecule has 4 nitrogen and oxygen atoms in total. The van der Waals surface area contributed by atoms with Crippen molar-refractivity contribution in [3.63, 3.8) is 0 Å². The van der Waals surface area contributed by atoms with E-state index in [0.717, 1.165) is 11.3 Å². The molecular weight excluding hydrogens is 404 g/mol. The Hall–Kier alpha value is -2.89. The molecule has 1 heterocycles. The highest BCUT2D eigenvalue weighted by atomic mass is 32.2. The zero-order chi connectivity index (χ0) is 21.6. The van der Waals surface area contributed by atoms with E-state index in [9.17, 15) is 8.42 Å². The largest absolute Gasteiger partial charge is 0.377 e. The van der Waals surface area contributed by atoms with Crippen LogP contribution in [0.15, 0.2) is 83.8 Å². The van der Waals surface area contributed by atoms with Gasteiger partial charge in [0.2, 0.25) is 10.0 Å². The van der Waals surface area contributed by atoms with Crippen molar-refractivity contribution in [2.45, 2.75) is 36.6 Å². The van der Waals surface area contributed by atoms with Gasteiger partial charge in [-0.15, -0.1) is 0 Å². The van der Waals surface area contributed by atoms with E-state index in [1.54, 1.807) is 12.1 Å². The molecule has 0 spiro atoms. The van der Waals surface area contributed by atoms with Crippen molar-refractivity contribution >= 4 is 21.3 Å². The number of rotatable bonds is 6. The lowest BCUT2D eigenvalue weighted by Crippen LogP contribution is -2.48. The fourth-order valence-corrected chi connectivity index (χ4v) is 5.85. The molecule has 5 rings (SSSR count). The fraction of sp³-hybridized carbons (Fsp3) is 0.231. The van der Waals surface area contributed by atoms with Gasteiger partial charge in [0.25, 0.3) is 0 Å². The second-order valence-electron chi connectivity index (χ2n) is 8.59. The maximum atomic E-state index is 12.8. The minimum absolute atomic E-state index is 0.149. The Morgan fingerprint density at radius 2 is 1.65 bits per heavy atom. The van der Waals surface area contributed by atoms with E-state index in [-0.39, 0.29) is 11.5 Å². The van der Waals surface area contributed by atoms with Gasteiger partial charge in [-0.2, -0.15) is 0 Å². The maximum Gasteiger partial charge on any atom is 0.240 e. The number of nitrogens with one attached hydrogen (secondary N) is 2. The standard InChI is InChI=1S/C26H26N2O2S/c1-18-8-11-21(12-9-18)31(29,30)27-15-14-26-17-22(20-6-4-3-5-7-20)25(26)28-24-13-10-19(2)16-23(24)26/h3-13,16-17,25,27-28H,14-15H2,1-2H3. The molecule has 2 unspecified atom stereocenters. The van der Waals surface area contributed by atoms with E-state index in [1.165, 1.54) is 22.3 Å². The van der Waals surface area contributed by atoms with Crippen molar-refractivity contribution in [1.29, 1.82) is 0 Å². The summed E-state index contributed by atoms with van der Waals surface area (Å²) in [5, 5.41) is 3.69. The third-order valence-electron chi connectivity index (χ3n) is 6.48. The molecule has 2 atom stereocenters. The summed E-state index contributed by atoms with van der Waals surface area (Å²) in [5.74, 6) is 0. The highest BCUT2D eigenvalue weighted by molar-refractivity contribution is 7.89. The van der Waals surface area contributed by atoms with Gasteiger partial charge >= 0.3 is 0 Å². The van der Waals surface area contributed by atoms with Crippen LogP contribution in [0.3, 0.4) is 0 Å². The van der Waals surface area contributed by atoms with Crippen LogP contribution in [0.1, 0.15) is 28.7 Å². The van der Waals surface area contributed by atoms with Gasteiger partial charge in [0.05, 0.1) is 10.9 Å². The van der Waals surface area contributed by atoms with Gasteiger partial charge in [0, 0.05) is 17.6 Å². The first-order chi connectivity index (χ1) is 14.9. The minimum atomic E-state index is -3.53. The quantitative estimate of drug-likeness (QED) is 0.591. The highest BCUT2D eigenvalue weighted by Crippen LogP contribution is 2.56. The van der Waals surface area contributed by atoms with Gasteiger partial charge in [-0.3, -0.25) is 0 Å². The van der Waals surface area contributed by atoms with E-state index in [4.69, 9.17) is 0 Å².